The second kappa shape index (κ2) is 11.2. The molecule has 0 unspecified atom stereocenters. The van der Waals surface area contributed by atoms with E-state index in [-0.39, 0.29) is 5.91 Å². The molecule has 1 amide bonds. The van der Waals surface area contributed by atoms with Crippen LogP contribution in [0.4, 0.5) is 0 Å². The van der Waals surface area contributed by atoms with Gasteiger partial charge in [-0.3, -0.25) is 10.1 Å². The van der Waals surface area contributed by atoms with Crippen LogP contribution < -0.4 is 10.1 Å². The summed E-state index contributed by atoms with van der Waals surface area (Å²) < 4.78 is 5.72. The fourth-order valence-electron chi connectivity index (χ4n) is 3.31. The number of benzene rings is 1. The molecule has 1 N–H and O–H groups in total. The molecule has 0 heterocycles. The summed E-state index contributed by atoms with van der Waals surface area (Å²) >= 11 is 5.42. The fraction of sp³-hybridized carbons (Fsp3) is 0.619. The molecule has 0 aliphatic heterocycles. The van der Waals surface area contributed by atoms with Crippen LogP contribution in [0.3, 0.4) is 0 Å². The number of thiocarbonyl (C=S) groups is 1. The average Bonchev–Trinajstić information content (AvgIpc) is 2.68. The van der Waals surface area contributed by atoms with E-state index in [0.717, 1.165) is 31.6 Å². The summed E-state index contributed by atoms with van der Waals surface area (Å²) in [5.74, 6) is 0.645. The summed E-state index contributed by atoms with van der Waals surface area (Å²) in [5, 5.41) is 3.37. The smallest absolute Gasteiger partial charge is 0.257 e. The van der Waals surface area contributed by atoms with Gasteiger partial charge in [-0.1, -0.05) is 45.4 Å². The van der Waals surface area contributed by atoms with E-state index < -0.39 is 0 Å². The Hall–Kier alpha value is -1.62. The third-order valence-electron chi connectivity index (χ3n) is 5.05. The molecule has 1 aromatic rings. The first-order valence-corrected chi connectivity index (χ1v) is 10.3. The van der Waals surface area contributed by atoms with Crippen molar-refractivity contribution in [2.75, 3.05) is 13.7 Å². The van der Waals surface area contributed by atoms with Gasteiger partial charge >= 0.3 is 0 Å². The Labute approximate surface area is 163 Å². The Morgan fingerprint density at radius 2 is 1.85 bits per heavy atom. The van der Waals surface area contributed by atoms with Crippen LogP contribution in [0.15, 0.2) is 24.3 Å². The lowest BCUT2D eigenvalue weighted by Crippen LogP contribution is -2.46. The van der Waals surface area contributed by atoms with E-state index in [1.165, 1.54) is 38.5 Å². The van der Waals surface area contributed by atoms with Gasteiger partial charge in [0.05, 0.1) is 6.61 Å². The standard InChI is InChI=1S/C21H32N2O2S/c1-3-4-5-9-16-25-19-14-12-17(13-15-19)20(24)22-21(26)23(2)18-10-7-6-8-11-18/h12-15,18H,3-11,16H2,1-2H3,(H,22,24,26). The molecule has 0 saturated heterocycles. The number of carbonyl (C=O) groups is 1. The predicted octanol–water partition coefficient (Wildman–Crippen LogP) is 4.92. The molecule has 0 aromatic heterocycles. The van der Waals surface area contributed by atoms with Gasteiger partial charge in [-0.05, 0) is 55.7 Å². The van der Waals surface area contributed by atoms with Crippen LogP contribution in [0.2, 0.25) is 0 Å². The number of rotatable bonds is 8. The first kappa shape index (κ1) is 20.7. The second-order valence-electron chi connectivity index (χ2n) is 7.10. The van der Waals surface area contributed by atoms with Crippen molar-refractivity contribution in [1.82, 2.24) is 10.2 Å². The molecule has 1 saturated carbocycles. The quantitative estimate of drug-likeness (QED) is 0.516. The number of amides is 1. The summed E-state index contributed by atoms with van der Waals surface area (Å²) in [6.45, 7) is 2.92. The lowest BCUT2D eigenvalue weighted by atomic mass is 9.95. The van der Waals surface area contributed by atoms with Gasteiger partial charge in [0.2, 0.25) is 0 Å². The maximum atomic E-state index is 12.4. The highest BCUT2D eigenvalue weighted by Gasteiger charge is 2.21. The van der Waals surface area contributed by atoms with E-state index in [1.54, 1.807) is 12.1 Å². The second-order valence-corrected chi connectivity index (χ2v) is 7.48. The minimum absolute atomic E-state index is 0.160. The van der Waals surface area contributed by atoms with Crippen molar-refractivity contribution in [2.45, 2.75) is 70.8 Å². The Bertz CT molecular complexity index is 568. The van der Waals surface area contributed by atoms with Crippen molar-refractivity contribution in [3.05, 3.63) is 29.8 Å². The summed E-state index contributed by atoms with van der Waals surface area (Å²) in [5.41, 5.74) is 0.600. The van der Waals surface area contributed by atoms with Crippen LogP contribution >= 0.6 is 12.2 Å². The van der Waals surface area contributed by atoms with Crippen LogP contribution in [0, 0.1) is 0 Å². The third-order valence-corrected chi connectivity index (χ3v) is 5.44. The van der Waals surface area contributed by atoms with Crippen LogP contribution in [-0.2, 0) is 0 Å². The molecular weight excluding hydrogens is 344 g/mol. The van der Waals surface area contributed by atoms with E-state index in [1.807, 2.05) is 24.1 Å². The molecule has 0 radical (unpaired) electrons. The summed E-state index contributed by atoms with van der Waals surface area (Å²) in [4.78, 5) is 14.5. The van der Waals surface area contributed by atoms with E-state index in [4.69, 9.17) is 17.0 Å². The van der Waals surface area contributed by atoms with E-state index >= 15 is 0 Å². The molecule has 26 heavy (non-hydrogen) atoms. The molecule has 0 atom stereocenters. The lowest BCUT2D eigenvalue weighted by Gasteiger charge is -2.32. The SMILES string of the molecule is CCCCCCOc1ccc(C(=O)NC(=S)N(C)C2CCCCC2)cc1. The van der Waals surface area contributed by atoms with E-state index in [0.29, 0.717) is 16.7 Å². The molecule has 2 rings (SSSR count). The Kier molecular flexibility index (Phi) is 8.89. The Morgan fingerprint density at radius 1 is 1.15 bits per heavy atom. The van der Waals surface area contributed by atoms with Crippen molar-refractivity contribution in [1.29, 1.82) is 0 Å². The molecule has 0 spiro atoms. The van der Waals surface area contributed by atoms with Gasteiger partial charge in [-0.2, -0.15) is 0 Å². The molecule has 4 nitrogen and oxygen atoms in total. The first-order valence-electron chi connectivity index (χ1n) is 9.93. The van der Waals surface area contributed by atoms with E-state index in [2.05, 4.69) is 12.2 Å². The van der Waals surface area contributed by atoms with Gasteiger partial charge in [-0.25, -0.2) is 0 Å². The summed E-state index contributed by atoms with van der Waals surface area (Å²) in [6, 6.07) is 7.73. The molecule has 1 fully saturated rings. The normalized spacial score (nSPS) is 14.7. The van der Waals surface area contributed by atoms with Gasteiger partial charge in [0.15, 0.2) is 5.11 Å². The molecule has 1 aromatic carbocycles. The minimum atomic E-state index is -0.160. The number of nitrogens with one attached hydrogen (secondary N) is 1. The number of carbonyl (C=O) groups excluding carboxylic acids is 1. The largest absolute Gasteiger partial charge is 0.494 e. The number of ether oxygens (including phenoxy) is 1. The highest BCUT2D eigenvalue weighted by atomic mass is 32.1. The highest BCUT2D eigenvalue weighted by Crippen LogP contribution is 2.21. The van der Waals surface area contributed by atoms with Crippen molar-refractivity contribution in [3.8, 4) is 5.75 Å². The maximum absolute atomic E-state index is 12.4. The number of unbranched alkanes of at least 4 members (excludes halogenated alkanes) is 3. The maximum Gasteiger partial charge on any atom is 0.257 e. The first-order chi connectivity index (χ1) is 12.6. The van der Waals surface area contributed by atoms with Gasteiger partial charge < -0.3 is 9.64 Å². The zero-order chi connectivity index (χ0) is 18.8. The van der Waals surface area contributed by atoms with Crippen LogP contribution in [-0.4, -0.2) is 35.6 Å². The average molecular weight is 377 g/mol. The number of hydrogen-bond donors (Lipinski definition) is 1. The highest BCUT2D eigenvalue weighted by molar-refractivity contribution is 7.80. The van der Waals surface area contributed by atoms with Crippen molar-refractivity contribution in [2.24, 2.45) is 0 Å². The number of nitrogens with zero attached hydrogens (tertiary/aromatic N) is 1. The van der Waals surface area contributed by atoms with Crippen LogP contribution in [0.25, 0.3) is 0 Å². The van der Waals surface area contributed by atoms with Gasteiger partial charge in [-0.15, -0.1) is 0 Å². The molecule has 5 heteroatoms. The monoisotopic (exact) mass is 376 g/mol. The van der Waals surface area contributed by atoms with Gasteiger partial charge in [0.25, 0.3) is 5.91 Å². The van der Waals surface area contributed by atoms with Crippen molar-refractivity contribution in [3.63, 3.8) is 0 Å². The summed E-state index contributed by atoms with van der Waals surface area (Å²) in [7, 11) is 1.98. The predicted molar refractivity (Wildman–Crippen MR) is 111 cm³/mol. The molecule has 144 valence electrons. The molecular formula is C21H32N2O2S. The summed E-state index contributed by atoms with van der Waals surface area (Å²) in [6.07, 6.45) is 10.8. The van der Waals surface area contributed by atoms with Crippen molar-refractivity contribution < 1.29 is 9.53 Å². The van der Waals surface area contributed by atoms with E-state index in [9.17, 15) is 4.79 Å². The topological polar surface area (TPSA) is 41.6 Å². The van der Waals surface area contributed by atoms with Crippen molar-refractivity contribution >= 4 is 23.2 Å². The zero-order valence-electron chi connectivity index (χ0n) is 16.1. The third kappa shape index (κ3) is 6.60. The minimum Gasteiger partial charge on any atom is -0.494 e. The number of hydrogen-bond acceptors (Lipinski definition) is 3. The van der Waals surface area contributed by atoms with Crippen LogP contribution in [0.5, 0.6) is 5.75 Å². The Morgan fingerprint density at radius 3 is 2.50 bits per heavy atom. The molecule has 1 aliphatic carbocycles. The molecule has 0 bridgehead atoms. The Balaban J connectivity index is 1.78. The zero-order valence-corrected chi connectivity index (χ0v) is 16.9. The van der Waals surface area contributed by atoms with Gasteiger partial charge in [0.1, 0.15) is 5.75 Å². The van der Waals surface area contributed by atoms with Crippen LogP contribution in [0.1, 0.15) is 75.1 Å². The van der Waals surface area contributed by atoms with Gasteiger partial charge in [0, 0.05) is 18.7 Å². The fourth-order valence-corrected chi connectivity index (χ4v) is 3.55. The molecule has 1 aliphatic rings. The lowest BCUT2D eigenvalue weighted by molar-refractivity contribution is 0.0972.